The first-order valence-corrected chi connectivity index (χ1v) is 7.08. The third kappa shape index (κ3) is 6.70. The molecule has 0 rings (SSSR count). The fourth-order valence-electron chi connectivity index (χ4n) is 1.96. The summed E-state index contributed by atoms with van der Waals surface area (Å²) in [4.78, 5) is 23.0. The first-order valence-electron chi connectivity index (χ1n) is 7.08. The van der Waals surface area contributed by atoms with E-state index < -0.39 is 23.6 Å². The summed E-state index contributed by atoms with van der Waals surface area (Å²) in [5.74, 6) is -1.11. The molecule has 0 saturated carbocycles. The summed E-state index contributed by atoms with van der Waals surface area (Å²) in [5, 5.41) is 9.57. The minimum Gasteiger partial charge on any atom is -0.456 e. The Labute approximate surface area is 121 Å². The van der Waals surface area contributed by atoms with Crippen molar-refractivity contribution in [3.63, 3.8) is 0 Å². The van der Waals surface area contributed by atoms with Crippen LogP contribution >= 0.6 is 0 Å². The number of carbonyl (C=O) groups is 2. The zero-order chi connectivity index (χ0) is 15.6. The van der Waals surface area contributed by atoms with Gasteiger partial charge in [-0.3, -0.25) is 4.79 Å². The van der Waals surface area contributed by atoms with E-state index in [-0.39, 0.29) is 6.61 Å². The second-order valence-corrected chi connectivity index (χ2v) is 5.11. The van der Waals surface area contributed by atoms with E-state index in [1.807, 2.05) is 13.8 Å². The molecule has 2 unspecified atom stereocenters. The molecule has 0 aliphatic rings. The monoisotopic (exact) mass is 286 g/mol. The van der Waals surface area contributed by atoms with Crippen LogP contribution in [-0.4, -0.2) is 29.9 Å². The van der Waals surface area contributed by atoms with Crippen LogP contribution in [0.1, 0.15) is 52.9 Å². The molecule has 116 valence electrons. The van der Waals surface area contributed by atoms with Crippen molar-refractivity contribution >= 4 is 11.9 Å². The van der Waals surface area contributed by atoms with Crippen molar-refractivity contribution in [2.75, 3.05) is 6.61 Å². The van der Waals surface area contributed by atoms with Gasteiger partial charge in [-0.25, -0.2) is 4.79 Å². The maximum Gasteiger partial charge on any atom is 0.330 e. The van der Waals surface area contributed by atoms with E-state index in [2.05, 4.69) is 18.2 Å². The predicted octanol–water partition coefficient (Wildman–Crippen LogP) is 2.57. The van der Waals surface area contributed by atoms with Gasteiger partial charge < -0.3 is 14.6 Å². The van der Waals surface area contributed by atoms with Gasteiger partial charge >= 0.3 is 11.9 Å². The van der Waals surface area contributed by atoms with Gasteiger partial charge in [0.2, 0.25) is 6.29 Å². The third-order valence-electron chi connectivity index (χ3n) is 3.15. The van der Waals surface area contributed by atoms with Crippen molar-refractivity contribution in [1.82, 2.24) is 0 Å². The molecular formula is C15H26O5. The van der Waals surface area contributed by atoms with Crippen LogP contribution in [0.3, 0.4) is 0 Å². The van der Waals surface area contributed by atoms with Crippen molar-refractivity contribution < 1.29 is 24.2 Å². The number of aliphatic hydroxyl groups is 1. The molecule has 0 aliphatic carbocycles. The van der Waals surface area contributed by atoms with Gasteiger partial charge in [-0.1, -0.05) is 39.7 Å². The van der Waals surface area contributed by atoms with Gasteiger partial charge in [0.1, 0.15) is 0 Å². The second kappa shape index (κ2) is 9.53. The Morgan fingerprint density at radius 1 is 1.30 bits per heavy atom. The lowest BCUT2D eigenvalue weighted by Crippen LogP contribution is -2.35. The minimum absolute atomic E-state index is 0.382. The van der Waals surface area contributed by atoms with Gasteiger partial charge in [0, 0.05) is 6.08 Å². The fourth-order valence-corrected chi connectivity index (χ4v) is 1.96. The zero-order valence-corrected chi connectivity index (χ0v) is 12.7. The zero-order valence-electron chi connectivity index (χ0n) is 12.7. The molecule has 1 N–H and O–H groups in total. The van der Waals surface area contributed by atoms with Crippen LogP contribution < -0.4 is 0 Å². The smallest absolute Gasteiger partial charge is 0.330 e. The Morgan fingerprint density at radius 2 is 1.95 bits per heavy atom. The molecule has 0 radical (unpaired) electrons. The van der Waals surface area contributed by atoms with Crippen molar-refractivity contribution in [2.45, 2.75) is 59.2 Å². The Morgan fingerprint density at radius 3 is 2.45 bits per heavy atom. The fraction of sp³-hybridized carbons (Fsp3) is 0.733. The molecule has 0 spiro atoms. The highest BCUT2D eigenvalue weighted by Crippen LogP contribution is 2.31. The first-order chi connectivity index (χ1) is 9.39. The second-order valence-electron chi connectivity index (χ2n) is 5.11. The summed E-state index contributed by atoms with van der Waals surface area (Å²) >= 11 is 0. The molecule has 5 nitrogen and oxygen atoms in total. The van der Waals surface area contributed by atoms with Gasteiger partial charge in [-0.05, 0) is 19.8 Å². The van der Waals surface area contributed by atoms with Crippen molar-refractivity contribution in [2.24, 2.45) is 5.41 Å². The number of carbonyl (C=O) groups excluding carboxylic acids is 2. The molecule has 0 aromatic rings. The van der Waals surface area contributed by atoms with E-state index in [9.17, 15) is 14.7 Å². The summed E-state index contributed by atoms with van der Waals surface area (Å²) in [7, 11) is 0. The first kappa shape index (κ1) is 18.6. The average Bonchev–Trinajstić information content (AvgIpc) is 2.42. The number of aliphatic hydroxyl groups excluding tert-OH is 1. The van der Waals surface area contributed by atoms with E-state index in [0.29, 0.717) is 6.42 Å². The van der Waals surface area contributed by atoms with E-state index in [1.54, 1.807) is 0 Å². The molecule has 0 amide bonds. The van der Waals surface area contributed by atoms with Crippen LogP contribution in [0.5, 0.6) is 0 Å². The standard InChI is InChI=1S/C15H26O5/c1-5-8-10-15(4,9-6-2)14(18)20-13(17)11-19-12(16)7-3/h7,13,17H,3,5-6,8-11H2,1-2,4H3. The highest BCUT2D eigenvalue weighted by molar-refractivity contribution is 5.81. The lowest BCUT2D eigenvalue weighted by molar-refractivity contribution is -0.190. The quantitative estimate of drug-likeness (QED) is 0.379. The largest absolute Gasteiger partial charge is 0.456 e. The Kier molecular flexibility index (Phi) is 8.88. The van der Waals surface area contributed by atoms with Crippen molar-refractivity contribution in [3.05, 3.63) is 12.7 Å². The number of rotatable bonds is 10. The normalized spacial score (nSPS) is 15.0. The van der Waals surface area contributed by atoms with E-state index >= 15 is 0 Å². The Bertz CT molecular complexity index is 326. The topological polar surface area (TPSA) is 72.8 Å². The molecule has 0 saturated heterocycles. The molecule has 5 heteroatoms. The van der Waals surface area contributed by atoms with Crippen LogP contribution in [0, 0.1) is 5.41 Å². The number of unbranched alkanes of at least 4 members (excludes halogenated alkanes) is 1. The van der Waals surface area contributed by atoms with Crippen LogP contribution in [0.15, 0.2) is 12.7 Å². The third-order valence-corrected chi connectivity index (χ3v) is 3.15. The molecular weight excluding hydrogens is 260 g/mol. The Balaban J connectivity index is 4.43. The van der Waals surface area contributed by atoms with Gasteiger partial charge in [0.15, 0.2) is 6.61 Å². The van der Waals surface area contributed by atoms with Crippen LogP contribution in [0.2, 0.25) is 0 Å². The van der Waals surface area contributed by atoms with Crippen molar-refractivity contribution in [3.8, 4) is 0 Å². The summed E-state index contributed by atoms with van der Waals surface area (Å²) in [5.41, 5.74) is -0.603. The van der Waals surface area contributed by atoms with Gasteiger partial charge in [-0.15, -0.1) is 0 Å². The predicted molar refractivity (Wildman–Crippen MR) is 75.8 cm³/mol. The molecule has 2 atom stereocenters. The van der Waals surface area contributed by atoms with Crippen LogP contribution in [0.4, 0.5) is 0 Å². The number of esters is 2. The van der Waals surface area contributed by atoms with E-state index in [0.717, 1.165) is 31.8 Å². The summed E-state index contributed by atoms with van der Waals surface area (Å²) in [6.07, 6.45) is 3.73. The molecule has 0 aliphatic heterocycles. The SMILES string of the molecule is C=CC(=O)OCC(O)OC(=O)C(C)(CCC)CCCC. The molecule has 0 bridgehead atoms. The summed E-state index contributed by atoms with van der Waals surface area (Å²) in [6, 6.07) is 0. The number of hydrogen-bond acceptors (Lipinski definition) is 5. The Hall–Kier alpha value is -1.36. The van der Waals surface area contributed by atoms with Crippen LogP contribution in [-0.2, 0) is 19.1 Å². The lowest BCUT2D eigenvalue weighted by Gasteiger charge is -2.28. The highest BCUT2D eigenvalue weighted by atomic mass is 16.7. The van der Waals surface area contributed by atoms with Crippen LogP contribution in [0.25, 0.3) is 0 Å². The highest BCUT2D eigenvalue weighted by Gasteiger charge is 2.34. The molecule has 0 fully saturated rings. The molecule has 0 aromatic carbocycles. The summed E-state index contributed by atoms with van der Waals surface area (Å²) in [6.45, 7) is 8.75. The molecule has 20 heavy (non-hydrogen) atoms. The number of hydrogen-bond donors (Lipinski definition) is 1. The van der Waals surface area contributed by atoms with Gasteiger partial charge in [0.25, 0.3) is 0 Å². The molecule has 0 heterocycles. The number of ether oxygens (including phenoxy) is 2. The minimum atomic E-state index is -1.44. The maximum atomic E-state index is 12.1. The van der Waals surface area contributed by atoms with Crippen molar-refractivity contribution in [1.29, 1.82) is 0 Å². The lowest BCUT2D eigenvalue weighted by atomic mass is 9.81. The van der Waals surface area contributed by atoms with Gasteiger partial charge in [-0.2, -0.15) is 0 Å². The summed E-state index contributed by atoms with van der Waals surface area (Å²) < 4.78 is 9.59. The van der Waals surface area contributed by atoms with Gasteiger partial charge in [0.05, 0.1) is 5.41 Å². The van der Waals surface area contributed by atoms with E-state index in [4.69, 9.17) is 4.74 Å². The maximum absolute atomic E-state index is 12.1. The van der Waals surface area contributed by atoms with E-state index in [1.165, 1.54) is 0 Å². The average molecular weight is 286 g/mol. The molecule has 0 aromatic heterocycles.